The Balaban J connectivity index is 2.44. The summed E-state index contributed by atoms with van der Waals surface area (Å²) in [5.41, 5.74) is 0. The number of carbonyl (C=O) groups is 1. The molecule has 2 unspecified atom stereocenters. The number of aliphatic hydroxyl groups excluding tert-OH is 1. The fourth-order valence-electron chi connectivity index (χ4n) is 2.46. The van der Waals surface area contributed by atoms with Crippen LogP contribution in [0.1, 0.15) is 39.5 Å². The van der Waals surface area contributed by atoms with Crippen LogP contribution in [0.25, 0.3) is 0 Å². The van der Waals surface area contributed by atoms with Crippen LogP contribution in [-0.2, 0) is 4.79 Å². The maximum Gasteiger partial charge on any atom is 0.224 e. The summed E-state index contributed by atoms with van der Waals surface area (Å²) >= 11 is 0. The molecule has 2 atom stereocenters. The lowest BCUT2D eigenvalue weighted by atomic mass is 9.90. The average Bonchev–Trinajstić information content (AvgIpc) is 2.32. The van der Waals surface area contributed by atoms with Crippen molar-refractivity contribution in [3.63, 3.8) is 0 Å². The van der Waals surface area contributed by atoms with Gasteiger partial charge in [0.15, 0.2) is 0 Å². The largest absolute Gasteiger partial charge is 0.395 e. The van der Waals surface area contributed by atoms with Crippen molar-refractivity contribution in [3.05, 3.63) is 0 Å². The smallest absolute Gasteiger partial charge is 0.224 e. The van der Waals surface area contributed by atoms with Crippen LogP contribution in [-0.4, -0.2) is 48.2 Å². The molecule has 0 aromatic rings. The highest BCUT2D eigenvalue weighted by Crippen LogP contribution is 2.18. The van der Waals surface area contributed by atoms with Gasteiger partial charge in [0.1, 0.15) is 0 Å². The molecule has 0 saturated carbocycles. The number of aliphatic hydroxyl groups is 1. The first-order chi connectivity index (χ1) is 8.19. The Morgan fingerprint density at radius 3 is 2.82 bits per heavy atom. The summed E-state index contributed by atoms with van der Waals surface area (Å²) in [4.78, 5) is 13.9. The Kier molecular flexibility index (Phi) is 6.52. The van der Waals surface area contributed by atoms with Crippen LogP contribution >= 0.6 is 0 Å². The van der Waals surface area contributed by atoms with Crippen LogP contribution in [0.5, 0.6) is 0 Å². The summed E-state index contributed by atoms with van der Waals surface area (Å²) in [5.74, 6) is 0.748. The van der Waals surface area contributed by atoms with Crippen molar-refractivity contribution < 1.29 is 9.90 Å². The molecule has 0 aromatic carbocycles. The highest BCUT2D eigenvalue weighted by atomic mass is 16.3. The van der Waals surface area contributed by atoms with Crippen molar-refractivity contribution in [2.45, 2.75) is 45.6 Å². The maximum atomic E-state index is 12.1. The first-order valence-electron chi connectivity index (χ1n) is 6.81. The van der Waals surface area contributed by atoms with Crippen molar-refractivity contribution in [1.82, 2.24) is 10.2 Å². The standard InChI is InChI=1S/C13H26N2O2/c1-3-7-15(8-9-16)13(17)10-12-11(2)5-4-6-14-12/h11-12,14,16H,3-10H2,1-2H3. The first kappa shape index (κ1) is 14.5. The zero-order chi connectivity index (χ0) is 12.7. The molecular weight excluding hydrogens is 216 g/mol. The molecule has 0 bridgehead atoms. The van der Waals surface area contributed by atoms with Crippen molar-refractivity contribution >= 4 is 5.91 Å². The molecule has 1 saturated heterocycles. The fourth-order valence-corrected chi connectivity index (χ4v) is 2.46. The molecule has 1 rings (SSSR count). The molecule has 0 spiro atoms. The third-order valence-corrected chi connectivity index (χ3v) is 3.54. The van der Waals surface area contributed by atoms with Gasteiger partial charge in [-0.1, -0.05) is 13.8 Å². The van der Waals surface area contributed by atoms with Crippen LogP contribution in [0.2, 0.25) is 0 Å². The van der Waals surface area contributed by atoms with E-state index in [0.717, 1.165) is 19.5 Å². The highest BCUT2D eigenvalue weighted by Gasteiger charge is 2.25. The average molecular weight is 242 g/mol. The molecule has 1 fully saturated rings. The molecule has 100 valence electrons. The predicted octanol–water partition coefficient (Wildman–Crippen LogP) is 0.995. The number of hydrogen-bond donors (Lipinski definition) is 2. The second-order valence-corrected chi connectivity index (χ2v) is 4.99. The third kappa shape index (κ3) is 4.64. The molecule has 1 aliphatic rings. The Morgan fingerprint density at radius 1 is 1.47 bits per heavy atom. The predicted molar refractivity (Wildman–Crippen MR) is 68.8 cm³/mol. The molecule has 4 nitrogen and oxygen atoms in total. The molecule has 0 radical (unpaired) electrons. The minimum atomic E-state index is 0.0549. The van der Waals surface area contributed by atoms with Gasteiger partial charge in [-0.2, -0.15) is 0 Å². The topological polar surface area (TPSA) is 52.6 Å². The molecular formula is C13H26N2O2. The van der Waals surface area contributed by atoms with Gasteiger partial charge in [-0.05, 0) is 31.7 Å². The van der Waals surface area contributed by atoms with E-state index in [1.54, 1.807) is 4.90 Å². The Bertz CT molecular complexity index is 227. The normalized spacial score (nSPS) is 24.6. The Labute approximate surface area is 104 Å². The molecule has 0 aromatic heterocycles. The van der Waals surface area contributed by atoms with Gasteiger partial charge in [0.05, 0.1) is 6.61 Å². The Morgan fingerprint density at radius 2 is 2.24 bits per heavy atom. The van der Waals surface area contributed by atoms with E-state index in [2.05, 4.69) is 19.2 Å². The number of carbonyl (C=O) groups excluding carboxylic acids is 1. The van der Waals surface area contributed by atoms with Gasteiger partial charge in [0.25, 0.3) is 0 Å². The van der Waals surface area contributed by atoms with E-state index in [1.807, 2.05) is 0 Å². The van der Waals surface area contributed by atoms with Crippen LogP contribution in [0.3, 0.4) is 0 Å². The molecule has 1 aliphatic heterocycles. The molecule has 1 heterocycles. The second-order valence-electron chi connectivity index (χ2n) is 4.99. The molecule has 1 amide bonds. The van der Waals surface area contributed by atoms with Gasteiger partial charge in [0, 0.05) is 25.6 Å². The lowest BCUT2D eigenvalue weighted by molar-refractivity contribution is -0.132. The number of nitrogens with zero attached hydrogens (tertiary/aromatic N) is 1. The summed E-state index contributed by atoms with van der Waals surface area (Å²) in [6, 6.07) is 0.314. The Hall–Kier alpha value is -0.610. The van der Waals surface area contributed by atoms with E-state index in [-0.39, 0.29) is 12.5 Å². The zero-order valence-corrected chi connectivity index (χ0v) is 11.1. The van der Waals surface area contributed by atoms with Crippen molar-refractivity contribution in [1.29, 1.82) is 0 Å². The monoisotopic (exact) mass is 242 g/mol. The number of amides is 1. The summed E-state index contributed by atoms with van der Waals surface area (Å²) in [6.07, 6.45) is 3.93. The van der Waals surface area contributed by atoms with E-state index in [1.165, 1.54) is 12.8 Å². The summed E-state index contributed by atoms with van der Waals surface area (Å²) in [6.45, 7) is 6.56. The quantitative estimate of drug-likeness (QED) is 0.730. The SMILES string of the molecule is CCCN(CCO)C(=O)CC1NCCCC1C. The van der Waals surface area contributed by atoms with Gasteiger partial charge in [-0.3, -0.25) is 4.79 Å². The number of hydrogen-bond acceptors (Lipinski definition) is 3. The van der Waals surface area contributed by atoms with Crippen LogP contribution < -0.4 is 5.32 Å². The van der Waals surface area contributed by atoms with Gasteiger partial charge >= 0.3 is 0 Å². The third-order valence-electron chi connectivity index (χ3n) is 3.54. The van der Waals surface area contributed by atoms with Gasteiger partial charge in [-0.25, -0.2) is 0 Å². The van der Waals surface area contributed by atoms with Gasteiger partial charge in [-0.15, -0.1) is 0 Å². The maximum absolute atomic E-state index is 12.1. The van der Waals surface area contributed by atoms with Crippen LogP contribution in [0, 0.1) is 5.92 Å². The second kappa shape index (κ2) is 7.67. The van der Waals surface area contributed by atoms with E-state index >= 15 is 0 Å². The fraction of sp³-hybridized carbons (Fsp3) is 0.923. The van der Waals surface area contributed by atoms with Crippen LogP contribution in [0.15, 0.2) is 0 Å². The number of rotatable bonds is 6. The zero-order valence-electron chi connectivity index (χ0n) is 11.1. The number of nitrogens with one attached hydrogen (secondary N) is 1. The molecule has 0 aliphatic carbocycles. The minimum Gasteiger partial charge on any atom is -0.395 e. The van der Waals surface area contributed by atoms with E-state index in [0.29, 0.717) is 24.9 Å². The van der Waals surface area contributed by atoms with Crippen molar-refractivity contribution in [2.75, 3.05) is 26.2 Å². The molecule has 2 N–H and O–H groups in total. The summed E-state index contributed by atoms with van der Waals surface area (Å²) < 4.78 is 0. The minimum absolute atomic E-state index is 0.0549. The van der Waals surface area contributed by atoms with E-state index < -0.39 is 0 Å². The lowest BCUT2D eigenvalue weighted by Gasteiger charge is -2.31. The van der Waals surface area contributed by atoms with Gasteiger partial charge < -0.3 is 15.3 Å². The summed E-state index contributed by atoms with van der Waals surface area (Å²) in [5, 5.41) is 12.4. The molecule has 4 heteroatoms. The molecule has 17 heavy (non-hydrogen) atoms. The summed E-state index contributed by atoms with van der Waals surface area (Å²) in [7, 11) is 0. The van der Waals surface area contributed by atoms with E-state index in [4.69, 9.17) is 5.11 Å². The first-order valence-corrected chi connectivity index (χ1v) is 6.81. The highest BCUT2D eigenvalue weighted by molar-refractivity contribution is 5.76. The van der Waals surface area contributed by atoms with E-state index in [9.17, 15) is 4.79 Å². The van der Waals surface area contributed by atoms with Crippen LogP contribution in [0.4, 0.5) is 0 Å². The van der Waals surface area contributed by atoms with Crippen molar-refractivity contribution in [2.24, 2.45) is 5.92 Å². The van der Waals surface area contributed by atoms with Gasteiger partial charge in [0.2, 0.25) is 5.91 Å². The lowest BCUT2D eigenvalue weighted by Crippen LogP contribution is -2.45. The number of piperidine rings is 1. The van der Waals surface area contributed by atoms with Crippen molar-refractivity contribution in [3.8, 4) is 0 Å².